The van der Waals surface area contributed by atoms with Crippen LogP contribution in [0.4, 0.5) is 0 Å². The summed E-state index contributed by atoms with van der Waals surface area (Å²) in [5, 5.41) is 14.0. The molecule has 0 rings (SSSR count). The predicted octanol–water partition coefficient (Wildman–Crippen LogP) is 18.1. The number of phosphoric acid groups is 1. The smallest absolute Gasteiger partial charge is 0.268 e. The average molecular weight is 1060 g/mol. The summed E-state index contributed by atoms with van der Waals surface area (Å²) in [5.74, 6) is -0.201. The maximum atomic E-state index is 13.0. The number of aliphatic hydroxyl groups is 1. The lowest BCUT2D eigenvalue weighted by molar-refractivity contribution is -0.870. The fraction of sp³-hybridized carbons (Fsp3) is 0.652. The highest BCUT2D eigenvalue weighted by Gasteiger charge is 2.24. The second kappa shape index (κ2) is 55.4. The highest BCUT2D eigenvalue weighted by molar-refractivity contribution is 7.45. The van der Waals surface area contributed by atoms with E-state index in [0.29, 0.717) is 23.9 Å². The van der Waals surface area contributed by atoms with Gasteiger partial charge in [-0.2, -0.15) is 0 Å². The van der Waals surface area contributed by atoms with Gasteiger partial charge in [0.15, 0.2) is 0 Å². The summed E-state index contributed by atoms with van der Waals surface area (Å²) in [5.41, 5.74) is 0. The first kappa shape index (κ1) is 71.6. The molecule has 0 aliphatic rings. The van der Waals surface area contributed by atoms with Crippen molar-refractivity contribution in [2.75, 3.05) is 40.9 Å². The number of unbranched alkanes of at least 4 members (excludes halogenated alkanes) is 18. The van der Waals surface area contributed by atoms with Crippen LogP contribution in [0.25, 0.3) is 0 Å². The van der Waals surface area contributed by atoms with Gasteiger partial charge in [-0.25, -0.2) is 0 Å². The van der Waals surface area contributed by atoms with Crippen molar-refractivity contribution in [3.8, 4) is 0 Å². The van der Waals surface area contributed by atoms with E-state index < -0.39 is 20.0 Å². The van der Waals surface area contributed by atoms with Gasteiger partial charge in [0.2, 0.25) is 5.91 Å². The Balaban J connectivity index is 4.24. The van der Waals surface area contributed by atoms with Gasteiger partial charge in [0.25, 0.3) is 7.82 Å². The second-order valence-corrected chi connectivity index (χ2v) is 22.4. The van der Waals surface area contributed by atoms with E-state index in [1.165, 1.54) is 83.5 Å². The summed E-state index contributed by atoms with van der Waals surface area (Å²) in [6.45, 7) is 4.57. The van der Waals surface area contributed by atoms with Crippen LogP contribution in [0.3, 0.4) is 0 Å². The maximum Gasteiger partial charge on any atom is 0.268 e. The molecule has 0 aromatic carbocycles. The molecule has 8 nitrogen and oxygen atoms in total. The van der Waals surface area contributed by atoms with E-state index in [-0.39, 0.29) is 19.1 Å². The Morgan fingerprint density at radius 1 is 0.480 bits per heavy atom. The summed E-state index contributed by atoms with van der Waals surface area (Å²) < 4.78 is 23.4. The van der Waals surface area contributed by atoms with Crippen molar-refractivity contribution in [3.63, 3.8) is 0 Å². The number of allylic oxidation sites excluding steroid dienone is 22. The van der Waals surface area contributed by atoms with Crippen LogP contribution in [0.2, 0.25) is 0 Å². The lowest BCUT2D eigenvalue weighted by Gasteiger charge is -2.30. The molecule has 0 fully saturated rings. The van der Waals surface area contributed by atoms with Crippen molar-refractivity contribution in [2.24, 2.45) is 0 Å². The third-order valence-electron chi connectivity index (χ3n) is 12.7. The molecule has 0 saturated carbocycles. The number of nitrogens with one attached hydrogen (secondary N) is 1. The third-order valence-corrected chi connectivity index (χ3v) is 13.6. The van der Waals surface area contributed by atoms with E-state index in [2.05, 4.69) is 153 Å². The van der Waals surface area contributed by atoms with Crippen LogP contribution in [0.15, 0.2) is 134 Å². The van der Waals surface area contributed by atoms with Crippen molar-refractivity contribution >= 4 is 13.7 Å². The molecule has 0 saturated heterocycles. The van der Waals surface area contributed by atoms with E-state index in [0.717, 1.165) is 116 Å². The van der Waals surface area contributed by atoms with Gasteiger partial charge in [-0.3, -0.25) is 9.36 Å². The lowest BCUT2D eigenvalue weighted by Crippen LogP contribution is -2.46. The second-order valence-electron chi connectivity index (χ2n) is 21.0. The van der Waals surface area contributed by atoms with E-state index in [1.807, 2.05) is 21.1 Å². The van der Waals surface area contributed by atoms with Gasteiger partial charge in [0, 0.05) is 6.42 Å². The quantitative estimate of drug-likeness (QED) is 0.0272. The van der Waals surface area contributed by atoms with Gasteiger partial charge >= 0.3 is 0 Å². The fourth-order valence-corrected chi connectivity index (χ4v) is 8.71. The number of aliphatic hydroxyl groups excluding tert-OH is 1. The normalized spacial score (nSPS) is 14.8. The molecule has 0 radical (unpaired) electrons. The number of carbonyl (C=O) groups is 1. The zero-order valence-corrected chi connectivity index (χ0v) is 49.6. The molecule has 2 N–H and O–H groups in total. The van der Waals surface area contributed by atoms with Crippen LogP contribution in [-0.4, -0.2) is 68.5 Å². The minimum absolute atomic E-state index is 0.00163. The number of likely N-dealkylation sites (N-methyl/N-ethyl adjacent to an activating group) is 1. The number of hydrogen-bond acceptors (Lipinski definition) is 6. The maximum absolute atomic E-state index is 13.0. The standard InChI is InChI=1S/C66H113N2O6P/c1-6-8-10-12-14-16-18-20-22-24-25-26-27-28-29-30-31-32-33-34-35-36-37-38-39-40-41-42-43-44-46-48-50-52-54-56-58-60-66(70)67-64(63-74-75(71,72)73-62-61-68(3,4)5)65(69)59-57-55-53-51-49-47-45-23-21-19-17-15-13-11-9-7-2/h8,10,14,16,20,22,25-26,28-29,31-32,34-35,37-38,40-41,43-44,48,50,64-65,69H,6-7,9,11-13,15,17-19,21,23-24,27,30,33,36,39,42,45-47,49,51-63H2,1-5H3,(H-,67,70,71,72)/b10-8-,16-14-,22-20-,26-25-,29-28-,32-31-,35-34-,38-37-,41-40-,44-43-,50-48-. The van der Waals surface area contributed by atoms with Crippen LogP contribution in [-0.2, 0) is 18.4 Å². The van der Waals surface area contributed by atoms with Gasteiger partial charge in [-0.05, 0) is 96.3 Å². The van der Waals surface area contributed by atoms with Gasteiger partial charge in [-0.15, -0.1) is 0 Å². The van der Waals surface area contributed by atoms with Gasteiger partial charge in [-0.1, -0.05) is 257 Å². The summed E-state index contributed by atoms with van der Waals surface area (Å²) in [4.78, 5) is 25.5. The molecule has 0 aromatic rings. The SMILES string of the molecule is CC/C=C\C/C=C\C/C=C\C/C=C\C/C=C\C/C=C\C/C=C\C/C=C\C/C=C\C/C=C\C/C=C\CCCCCC(=O)NC(COP(=O)([O-])OCC[N+](C)(C)C)C(O)CCCCCCCCCCCCCCCCCC. The first-order valence-electron chi connectivity index (χ1n) is 30.0. The molecule has 3 unspecified atom stereocenters. The first-order chi connectivity index (χ1) is 36.5. The number of amides is 1. The topological polar surface area (TPSA) is 108 Å². The molecule has 428 valence electrons. The molecule has 1 amide bonds. The monoisotopic (exact) mass is 1060 g/mol. The average Bonchev–Trinajstić information content (AvgIpc) is 3.37. The van der Waals surface area contributed by atoms with Crippen molar-refractivity contribution in [3.05, 3.63) is 134 Å². The molecular weight excluding hydrogens is 948 g/mol. The highest BCUT2D eigenvalue weighted by Crippen LogP contribution is 2.38. The summed E-state index contributed by atoms with van der Waals surface area (Å²) in [6.07, 6.45) is 83.4. The molecule has 0 heterocycles. The molecule has 75 heavy (non-hydrogen) atoms. The highest BCUT2D eigenvalue weighted by atomic mass is 31.2. The summed E-state index contributed by atoms with van der Waals surface area (Å²) >= 11 is 0. The van der Waals surface area contributed by atoms with E-state index in [1.54, 1.807) is 0 Å². The van der Waals surface area contributed by atoms with Crippen LogP contribution in [0, 0.1) is 0 Å². The number of phosphoric ester groups is 1. The lowest BCUT2D eigenvalue weighted by atomic mass is 10.0. The Morgan fingerprint density at radius 3 is 1.17 bits per heavy atom. The molecular formula is C66H113N2O6P. The Bertz CT molecular complexity index is 1680. The molecule has 0 aliphatic heterocycles. The molecule has 0 bridgehead atoms. The molecule has 3 atom stereocenters. The third kappa shape index (κ3) is 58.2. The Hall–Kier alpha value is -3.36. The predicted molar refractivity (Wildman–Crippen MR) is 325 cm³/mol. The Morgan fingerprint density at radius 2 is 0.813 bits per heavy atom. The number of nitrogens with zero attached hydrogens (tertiary/aromatic N) is 1. The summed E-state index contributed by atoms with van der Waals surface area (Å²) in [7, 11) is 1.26. The van der Waals surface area contributed by atoms with Crippen molar-refractivity contribution in [1.82, 2.24) is 5.32 Å². The fourth-order valence-electron chi connectivity index (χ4n) is 7.99. The number of hydrogen-bond donors (Lipinski definition) is 2. The zero-order valence-electron chi connectivity index (χ0n) is 48.7. The van der Waals surface area contributed by atoms with Gasteiger partial charge in [0.05, 0.1) is 39.9 Å². The van der Waals surface area contributed by atoms with Gasteiger partial charge < -0.3 is 28.8 Å². The van der Waals surface area contributed by atoms with E-state index in [4.69, 9.17) is 9.05 Å². The number of rotatable bonds is 53. The summed E-state index contributed by atoms with van der Waals surface area (Å²) in [6, 6.07) is -0.829. The van der Waals surface area contributed by atoms with Gasteiger partial charge in [0.1, 0.15) is 13.2 Å². The van der Waals surface area contributed by atoms with E-state index >= 15 is 0 Å². The molecule has 0 aromatic heterocycles. The van der Waals surface area contributed by atoms with Crippen LogP contribution in [0.5, 0.6) is 0 Å². The molecule has 0 aliphatic carbocycles. The molecule has 9 heteroatoms. The van der Waals surface area contributed by atoms with Crippen LogP contribution in [0.1, 0.15) is 226 Å². The minimum atomic E-state index is -4.59. The Labute approximate surface area is 462 Å². The van der Waals surface area contributed by atoms with E-state index in [9.17, 15) is 19.4 Å². The Kier molecular flexibility index (Phi) is 52.9. The minimum Gasteiger partial charge on any atom is -0.756 e. The van der Waals surface area contributed by atoms with Crippen molar-refractivity contribution < 1.29 is 32.9 Å². The van der Waals surface area contributed by atoms with Crippen LogP contribution < -0.4 is 10.2 Å². The van der Waals surface area contributed by atoms with Crippen molar-refractivity contribution in [2.45, 2.75) is 238 Å². The zero-order chi connectivity index (χ0) is 54.9. The first-order valence-corrected chi connectivity index (χ1v) is 31.5. The van der Waals surface area contributed by atoms with Crippen molar-refractivity contribution in [1.29, 1.82) is 0 Å². The molecule has 0 spiro atoms. The largest absolute Gasteiger partial charge is 0.756 e. The number of quaternary nitrogens is 1. The van der Waals surface area contributed by atoms with Crippen LogP contribution >= 0.6 is 7.82 Å². The number of carbonyl (C=O) groups excluding carboxylic acids is 1.